The molecule has 4 aromatic rings. The molecule has 5 nitrogen and oxygen atoms in total. The van der Waals surface area contributed by atoms with Crippen LogP contribution >= 0.6 is 11.6 Å². The van der Waals surface area contributed by atoms with Crippen molar-refractivity contribution in [3.63, 3.8) is 0 Å². The van der Waals surface area contributed by atoms with Crippen molar-refractivity contribution in [3.05, 3.63) is 110 Å². The molecule has 0 N–H and O–H groups in total. The molecule has 0 amide bonds. The Morgan fingerprint density at radius 1 is 1.08 bits per heavy atom. The van der Waals surface area contributed by atoms with Crippen LogP contribution in [-0.2, 0) is 6.42 Å². The number of aliphatic imine (C=N–C) groups is 1. The van der Waals surface area contributed by atoms with Crippen LogP contribution in [0, 0.1) is 12.8 Å². The maximum Gasteiger partial charge on any atom is 0.196 e. The summed E-state index contributed by atoms with van der Waals surface area (Å²) in [6, 6.07) is 21.3. The topological polar surface area (TPSA) is 55.0 Å². The lowest BCUT2D eigenvalue weighted by atomic mass is 9.92. The van der Waals surface area contributed by atoms with Crippen molar-refractivity contribution in [1.29, 1.82) is 0 Å². The van der Waals surface area contributed by atoms with Crippen LogP contribution < -0.4 is 10.2 Å². The molecule has 1 aromatic heterocycles. The molecule has 37 heavy (non-hydrogen) atoms. The molecular weight excluding hydrogens is 484 g/mol. The molecule has 1 unspecified atom stereocenters. The molecule has 0 saturated heterocycles. The molecule has 1 aliphatic heterocycles. The Bertz CT molecular complexity index is 1520. The highest BCUT2D eigenvalue weighted by atomic mass is 35.5. The normalized spacial score (nSPS) is 14.3. The predicted octanol–water partition coefficient (Wildman–Crippen LogP) is 6.81. The molecule has 0 spiro atoms. The van der Waals surface area contributed by atoms with Gasteiger partial charge in [-0.05, 0) is 42.7 Å². The molecular formula is C31H31ClN2O3. The smallest absolute Gasteiger partial charge is 0.196 e. The number of benzene rings is 3. The van der Waals surface area contributed by atoms with Gasteiger partial charge < -0.3 is 14.1 Å². The second-order valence-corrected chi connectivity index (χ2v) is 10.3. The summed E-state index contributed by atoms with van der Waals surface area (Å²) in [6.07, 6.45) is 0.432. The van der Waals surface area contributed by atoms with Crippen LogP contribution in [0.1, 0.15) is 47.9 Å². The zero-order chi connectivity index (χ0) is 26.1. The van der Waals surface area contributed by atoms with E-state index in [1.54, 1.807) is 25.3 Å². The summed E-state index contributed by atoms with van der Waals surface area (Å²) in [6.45, 7) is 7.85. The SMILES string of the molecule is COc1cccc(Cc2c(C(C(C)C)N3CCN=C3c3ccc(C)cc3)oc3cc(Cl)ccc3c2=O)c1. The highest BCUT2D eigenvalue weighted by Crippen LogP contribution is 2.36. The molecule has 0 saturated carbocycles. The number of fused-ring (bicyclic) bond motifs is 1. The summed E-state index contributed by atoms with van der Waals surface area (Å²) in [5, 5.41) is 1.06. The second kappa shape index (κ2) is 10.4. The van der Waals surface area contributed by atoms with Gasteiger partial charge in [0.15, 0.2) is 5.43 Å². The Morgan fingerprint density at radius 2 is 1.86 bits per heavy atom. The molecule has 190 valence electrons. The molecule has 0 bridgehead atoms. The molecule has 2 heterocycles. The summed E-state index contributed by atoms with van der Waals surface area (Å²) in [4.78, 5) is 21.1. The summed E-state index contributed by atoms with van der Waals surface area (Å²) >= 11 is 6.31. The Morgan fingerprint density at radius 3 is 2.59 bits per heavy atom. The van der Waals surface area contributed by atoms with E-state index in [9.17, 15) is 4.79 Å². The first-order valence-corrected chi connectivity index (χ1v) is 13.0. The number of nitrogens with zero attached hydrogens (tertiary/aromatic N) is 2. The molecule has 1 atom stereocenters. The van der Waals surface area contributed by atoms with Gasteiger partial charge in [0.2, 0.25) is 0 Å². The van der Waals surface area contributed by atoms with Gasteiger partial charge >= 0.3 is 0 Å². The van der Waals surface area contributed by atoms with E-state index >= 15 is 0 Å². The van der Waals surface area contributed by atoms with Crippen LogP contribution in [0.2, 0.25) is 5.02 Å². The molecule has 0 fully saturated rings. The lowest BCUT2D eigenvalue weighted by molar-refractivity contribution is 0.232. The third-order valence-corrected chi connectivity index (χ3v) is 7.15. The fourth-order valence-electron chi connectivity index (χ4n) is 5.11. The minimum Gasteiger partial charge on any atom is -0.497 e. The second-order valence-electron chi connectivity index (χ2n) is 9.90. The third-order valence-electron chi connectivity index (χ3n) is 6.91. The van der Waals surface area contributed by atoms with Gasteiger partial charge in [0.05, 0.1) is 25.1 Å². The highest BCUT2D eigenvalue weighted by Gasteiger charge is 2.34. The Labute approximate surface area is 222 Å². The van der Waals surface area contributed by atoms with Gasteiger partial charge in [-0.3, -0.25) is 9.79 Å². The van der Waals surface area contributed by atoms with Crippen molar-refractivity contribution in [3.8, 4) is 5.75 Å². The summed E-state index contributed by atoms with van der Waals surface area (Å²) in [5.41, 5.74) is 4.37. The maximum absolute atomic E-state index is 14.0. The number of ether oxygens (including phenoxy) is 1. The standard InChI is InChI=1S/C31H31ClN2O3/c1-19(2)28(34-15-14-33-31(34)22-10-8-20(3)9-11-22)30-26(17-21-6-5-7-24(16-21)36-4)29(35)25-13-12-23(32)18-27(25)37-30/h5-13,16,18-19,28H,14-15,17H2,1-4H3. The average Bonchev–Trinajstić information content (AvgIpc) is 3.36. The van der Waals surface area contributed by atoms with Crippen LogP contribution in [0.15, 0.2) is 80.9 Å². The van der Waals surface area contributed by atoms with Crippen molar-refractivity contribution in [2.45, 2.75) is 33.2 Å². The minimum absolute atomic E-state index is 0.0330. The van der Waals surface area contributed by atoms with Gasteiger partial charge in [-0.1, -0.05) is 67.4 Å². The molecule has 6 heteroatoms. The Kier molecular flexibility index (Phi) is 7.07. The van der Waals surface area contributed by atoms with Crippen molar-refractivity contribution < 1.29 is 9.15 Å². The maximum atomic E-state index is 14.0. The molecule has 0 aliphatic carbocycles. The third kappa shape index (κ3) is 5.01. The zero-order valence-corrected chi connectivity index (χ0v) is 22.4. The quantitative estimate of drug-likeness (QED) is 0.272. The molecule has 1 aliphatic rings. The summed E-state index contributed by atoms with van der Waals surface area (Å²) in [5.74, 6) is 2.50. The van der Waals surface area contributed by atoms with Gasteiger partial charge in [0.25, 0.3) is 0 Å². The van der Waals surface area contributed by atoms with Crippen molar-refractivity contribution in [2.75, 3.05) is 20.2 Å². The van der Waals surface area contributed by atoms with Crippen LogP contribution in [0.3, 0.4) is 0 Å². The number of methoxy groups -OCH3 is 1. The predicted molar refractivity (Wildman–Crippen MR) is 150 cm³/mol. The molecule has 0 radical (unpaired) electrons. The van der Waals surface area contributed by atoms with Crippen LogP contribution in [0.4, 0.5) is 0 Å². The summed E-state index contributed by atoms with van der Waals surface area (Å²) in [7, 11) is 1.65. The van der Waals surface area contributed by atoms with Crippen molar-refractivity contribution >= 4 is 28.4 Å². The van der Waals surface area contributed by atoms with E-state index in [2.05, 4.69) is 49.9 Å². The zero-order valence-electron chi connectivity index (χ0n) is 21.6. The van der Waals surface area contributed by atoms with E-state index in [4.69, 9.17) is 25.7 Å². The molecule has 5 rings (SSSR count). The van der Waals surface area contributed by atoms with Crippen LogP contribution in [0.5, 0.6) is 5.75 Å². The monoisotopic (exact) mass is 514 g/mol. The van der Waals surface area contributed by atoms with E-state index < -0.39 is 0 Å². The van der Waals surface area contributed by atoms with Crippen LogP contribution in [-0.4, -0.2) is 30.9 Å². The Balaban J connectivity index is 1.68. The van der Waals surface area contributed by atoms with Gasteiger partial charge in [-0.15, -0.1) is 0 Å². The fraction of sp³-hybridized carbons (Fsp3) is 0.290. The van der Waals surface area contributed by atoms with Gasteiger partial charge in [-0.2, -0.15) is 0 Å². The van der Waals surface area contributed by atoms with Crippen LogP contribution in [0.25, 0.3) is 11.0 Å². The van der Waals surface area contributed by atoms with E-state index in [0.29, 0.717) is 40.3 Å². The van der Waals surface area contributed by atoms with Gasteiger partial charge in [0, 0.05) is 35.2 Å². The largest absolute Gasteiger partial charge is 0.497 e. The van der Waals surface area contributed by atoms with E-state index in [-0.39, 0.29) is 17.4 Å². The van der Waals surface area contributed by atoms with E-state index in [0.717, 1.165) is 29.3 Å². The Hall–Kier alpha value is -3.57. The molecule has 3 aromatic carbocycles. The number of amidine groups is 1. The lowest BCUT2D eigenvalue weighted by Gasteiger charge is -2.34. The highest BCUT2D eigenvalue weighted by molar-refractivity contribution is 6.31. The minimum atomic E-state index is -0.181. The van der Waals surface area contributed by atoms with Crippen molar-refractivity contribution in [1.82, 2.24) is 4.90 Å². The van der Waals surface area contributed by atoms with E-state index in [1.165, 1.54) is 5.56 Å². The first-order chi connectivity index (χ1) is 17.9. The lowest BCUT2D eigenvalue weighted by Crippen LogP contribution is -2.37. The number of hydrogen-bond donors (Lipinski definition) is 0. The average molecular weight is 515 g/mol. The fourth-order valence-corrected chi connectivity index (χ4v) is 5.27. The first-order valence-electron chi connectivity index (χ1n) is 12.6. The number of rotatable bonds is 7. The number of aryl methyl sites for hydroxylation is 1. The van der Waals surface area contributed by atoms with E-state index in [1.807, 2.05) is 24.3 Å². The van der Waals surface area contributed by atoms with Gasteiger partial charge in [-0.25, -0.2) is 0 Å². The number of hydrogen-bond acceptors (Lipinski definition) is 5. The number of halogens is 1. The van der Waals surface area contributed by atoms with Gasteiger partial charge in [0.1, 0.15) is 22.9 Å². The van der Waals surface area contributed by atoms with Crippen molar-refractivity contribution in [2.24, 2.45) is 10.9 Å². The summed E-state index contributed by atoms with van der Waals surface area (Å²) < 4.78 is 12.0. The first kappa shape index (κ1) is 25.1.